The van der Waals surface area contributed by atoms with Gasteiger partial charge >= 0.3 is 5.97 Å². The van der Waals surface area contributed by atoms with Crippen molar-refractivity contribution in [3.63, 3.8) is 0 Å². The Balaban J connectivity index is 2.21. The van der Waals surface area contributed by atoms with E-state index in [9.17, 15) is 25.2 Å². The molecule has 70 heavy (non-hydrogen) atoms. The summed E-state index contributed by atoms with van der Waals surface area (Å²) >= 11 is 0. The van der Waals surface area contributed by atoms with Gasteiger partial charge in [-0.3, -0.25) is 4.79 Å². The summed E-state index contributed by atoms with van der Waals surface area (Å²) in [5, 5.41) is 40.3. The second-order valence-electron chi connectivity index (χ2n) is 19.0. The Morgan fingerprint density at radius 3 is 1.33 bits per heavy atom. The number of allylic oxidation sites excluding steroid dienone is 16. The number of carbonyl (C=O) groups is 1. The van der Waals surface area contributed by atoms with Crippen molar-refractivity contribution in [2.24, 2.45) is 0 Å². The summed E-state index contributed by atoms with van der Waals surface area (Å²) < 4.78 is 22.9. The quantitative estimate of drug-likeness (QED) is 0.0267. The monoisotopic (exact) mass is 981 g/mol. The molecule has 0 aromatic rings. The van der Waals surface area contributed by atoms with Crippen LogP contribution in [0.5, 0.6) is 0 Å². The van der Waals surface area contributed by atoms with Crippen LogP contribution in [-0.4, -0.2) is 89.6 Å². The maximum Gasteiger partial charge on any atom is 0.306 e. The van der Waals surface area contributed by atoms with E-state index in [4.69, 9.17) is 18.9 Å². The second kappa shape index (κ2) is 51.0. The molecule has 0 bridgehead atoms. The number of hydrogen-bond donors (Lipinski definition) is 4. The molecule has 0 aliphatic carbocycles. The van der Waals surface area contributed by atoms with Gasteiger partial charge < -0.3 is 39.4 Å². The van der Waals surface area contributed by atoms with E-state index in [1.165, 1.54) is 103 Å². The smallest absolute Gasteiger partial charge is 0.306 e. The van der Waals surface area contributed by atoms with Gasteiger partial charge in [-0.15, -0.1) is 0 Å². The Kier molecular flexibility index (Phi) is 47.5. The molecular weight excluding hydrogens is 877 g/mol. The number of aliphatic hydroxyl groups excluding tert-OH is 4. The fraction of sp³-hybridized carbons (Fsp3) is 0.721. The number of ether oxygens (including phenoxy) is 4. The number of carbonyl (C=O) groups excluding carboxylic acids is 1. The number of esters is 1. The van der Waals surface area contributed by atoms with E-state index in [2.05, 4.69) is 111 Å². The van der Waals surface area contributed by atoms with Crippen molar-refractivity contribution in [1.82, 2.24) is 0 Å². The van der Waals surface area contributed by atoms with Crippen molar-refractivity contribution in [3.05, 3.63) is 97.2 Å². The first-order valence-electron chi connectivity index (χ1n) is 28.3. The lowest BCUT2D eigenvalue weighted by Gasteiger charge is -2.39. The molecule has 402 valence electrons. The largest absolute Gasteiger partial charge is 0.457 e. The Hall–Kier alpha value is -2.89. The SMILES string of the molecule is CC/C=C\C/C=C\C/C=C\C/C=C\C/C=C\C/C=C\C/C=C\CCCCCCOCC(COC1OC(CO)C(O)C(O)C1O)OC(=O)CCCCCCCCCCC/C=C\CCCCCCCCCC. The van der Waals surface area contributed by atoms with E-state index in [1.807, 2.05) is 0 Å². The molecule has 9 heteroatoms. The minimum Gasteiger partial charge on any atom is -0.457 e. The average Bonchev–Trinajstić information content (AvgIpc) is 3.36. The first-order chi connectivity index (χ1) is 34.4. The van der Waals surface area contributed by atoms with Crippen LogP contribution in [0.3, 0.4) is 0 Å². The summed E-state index contributed by atoms with van der Waals surface area (Å²) in [5.41, 5.74) is 0. The fourth-order valence-electron chi connectivity index (χ4n) is 8.11. The zero-order chi connectivity index (χ0) is 50.6. The molecule has 1 rings (SSSR count). The maximum absolute atomic E-state index is 12.9. The molecule has 0 aromatic carbocycles. The van der Waals surface area contributed by atoms with Crippen molar-refractivity contribution in [2.75, 3.05) is 26.4 Å². The third-order valence-electron chi connectivity index (χ3n) is 12.5. The van der Waals surface area contributed by atoms with E-state index in [0.29, 0.717) is 13.0 Å². The highest BCUT2D eigenvalue weighted by Gasteiger charge is 2.44. The fourth-order valence-corrected chi connectivity index (χ4v) is 8.11. The molecular formula is C61H104O9. The van der Waals surface area contributed by atoms with E-state index < -0.39 is 43.4 Å². The van der Waals surface area contributed by atoms with Gasteiger partial charge in [-0.05, 0) is 96.3 Å². The second-order valence-corrected chi connectivity index (χ2v) is 19.0. The summed E-state index contributed by atoms with van der Waals surface area (Å²) in [4.78, 5) is 12.9. The highest BCUT2D eigenvalue weighted by atomic mass is 16.7. The highest BCUT2D eigenvalue weighted by Crippen LogP contribution is 2.23. The van der Waals surface area contributed by atoms with Crippen LogP contribution in [-0.2, 0) is 23.7 Å². The topological polar surface area (TPSA) is 135 Å². The molecule has 4 N–H and O–H groups in total. The van der Waals surface area contributed by atoms with Crippen molar-refractivity contribution >= 4 is 5.97 Å². The van der Waals surface area contributed by atoms with Crippen LogP contribution in [0.15, 0.2) is 97.2 Å². The van der Waals surface area contributed by atoms with E-state index in [-0.39, 0.29) is 19.2 Å². The van der Waals surface area contributed by atoms with E-state index in [1.54, 1.807) is 0 Å². The summed E-state index contributed by atoms with van der Waals surface area (Å²) in [6, 6.07) is 0. The first-order valence-corrected chi connectivity index (χ1v) is 28.3. The predicted molar refractivity (Wildman–Crippen MR) is 293 cm³/mol. The van der Waals surface area contributed by atoms with E-state index in [0.717, 1.165) is 96.3 Å². The van der Waals surface area contributed by atoms with Gasteiger partial charge in [0.2, 0.25) is 0 Å². The molecule has 0 spiro atoms. The lowest BCUT2D eigenvalue weighted by molar-refractivity contribution is -0.305. The number of unbranched alkanes of at least 4 members (excludes halogenated alkanes) is 21. The standard InChI is InChI=1S/C61H104O9/c1-3-5-7-9-11-13-15-17-19-21-23-25-26-27-28-29-31-33-35-37-39-41-43-45-47-49-51-67-53-55(54-68-61-60(66)59(65)58(64)56(52-62)70-61)69-57(63)50-48-46-44-42-40-38-36-34-32-30-24-22-20-18-16-14-12-10-8-6-4-2/h5,7,11,13,17,19,22-25,27-28,31,33,37,39,55-56,58-62,64-66H,3-4,6,8-10,12,14-16,18,20-21,26,29-30,32,34-36,38,40-54H2,1-2H3/b7-5-,13-11-,19-17-,24-22-,25-23-,28-27-,33-31-,39-37-. The third kappa shape index (κ3) is 40.7. The Labute approximate surface area is 428 Å². The lowest BCUT2D eigenvalue weighted by atomic mass is 9.99. The number of aliphatic hydroxyl groups is 4. The van der Waals surface area contributed by atoms with Gasteiger partial charge in [-0.2, -0.15) is 0 Å². The van der Waals surface area contributed by atoms with Crippen LogP contribution in [0, 0.1) is 0 Å². The first kappa shape index (κ1) is 65.1. The highest BCUT2D eigenvalue weighted by molar-refractivity contribution is 5.69. The molecule has 0 aromatic heterocycles. The maximum atomic E-state index is 12.9. The molecule has 1 saturated heterocycles. The summed E-state index contributed by atoms with van der Waals surface area (Å²) in [6.45, 7) is 4.39. The van der Waals surface area contributed by atoms with Gasteiger partial charge in [-0.25, -0.2) is 0 Å². The van der Waals surface area contributed by atoms with Crippen LogP contribution >= 0.6 is 0 Å². The number of hydrogen-bond acceptors (Lipinski definition) is 9. The Bertz CT molecular complexity index is 1390. The van der Waals surface area contributed by atoms with Gasteiger partial charge in [0.1, 0.15) is 30.5 Å². The van der Waals surface area contributed by atoms with Gasteiger partial charge in [0.25, 0.3) is 0 Å². The van der Waals surface area contributed by atoms with Crippen LogP contribution < -0.4 is 0 Å². The summed E-state index contributed by atoms with van der Waals surface area (Å²) in [6.07, 6.45) is 64.5. The number of rotatable bonds is 48. The van der Waals surface area contributed by atoms with Gasteiger partial charge in [0.05, 0.1) is 19.8 Å². The van der Waals surface area contributed by atoms with E-state index >= 15 is 0 Å². The molecule has 6 atom stereocenters. The molecule has 1 heterocycles. The van der Waals surface area contributed by atoms with Crippen molar-refractivity contribution in [3.8, 4) is 0 Å². The lowest BCUT2D eigenvalue weighted by Crippen LogP contribution is -2.59. The Morgan fingerprint density at radius 1 is 0.471 bits per heavy atom. The summed E-state index contributed by atoms with van der Waals surface area (Å²) in [7, 11) is 0. The van der Waals surface area contributed by atoms with Crippen molar-refractivity contribution in [1.29, 1.82) is 0 Å². The summed E-state index contributed by atoms with van der Waals surface area (Å²) in [5.74, 6) is -0.327. The predicted octanol–water partition coefficient (Wildman–Crippen LogP) is 14.7. The van der Waals surface area contributed by atoms with Crippen LogP contribution in [0.1, 0.15) is 219 Å². The van der Waals surface area contributed by atoms with Crippen LogP contribution in [0.25, 0.3) is 0 Å². The zero-order valence-corrected chi connectivity index (χ0v) is 44.5. The normalized spacial score (nSPS) is 19.7. The minimum atomic E-state index is -1.55. The van der Waals surface area contributed by atoms with Crippen LogP contribution in [0.2, 0.25) is 0 Å². The Morgan fingerprint density at radius 2 is 0.871 bits per heavy atom. The molecule has 9 nitrogen and oxygen atoms in total. The molecule has 6 unspecified atom stereocenters. The molecule has 0 radical (unpaired) electrons. The molecule has 1 fully saturated rings. The molecule has 1 aliphatic rings. The van der Waals surface area contributed by atoms with Crippen molar-refractivity contribution < 1.29 is 44.2 Å². The molecule has 0 amide bonds. The minimum absolute atomic E-state index is 0.121. The van der Waals surface area contributed by atoms with Crippen molar-refractivity contribution in [2.45, 2.75) is 256 Å². The zero-order valence-electron chi connectivity index (χ0n) is 44.5. The molecule has 1 aliphatic heterocycles. The van der Waals surface area contributed by atoms with Crippen LogP contribution in [0.4, 0.5) is 0 Å². The third-order valence-corrected chi connectivity index (χ3v) is 12.5. The average molecular weight is 981 g/mol. The van der Waals surface area contributed by atoms with Gasteiger partial charge in [0.15, 0.2) is 6.29 Å². The van der Waals surface area contributed by atoms with Gasteiger partial charge in [0, 0.05) is 13.0 Å². The van der Waals surface area contributed by atoms with Gasteiger partial charge in [-0.1, -0.05) is 214 Å². The molecule has 0 saturated carbocycles.